The Morgan fingerprint density at radius 3 is 2.71 bits per heavy atom. The van der Waals surface area contributed by atoms with E-state index in [-0.39, 0.29) is 11.9 Å². The minimum absolute atomic E-state index is 0.100. The molecule has 0 unspecified atom stereocenters. The third-order valence-corrected chi connectivity index (χ3v) is 4.61. The van der Waals surface area contributed by atoms with E-state index in [0.717, 1.165) is 31.2 Å². The normalized spacial score (nSPS) is 17.6. The molecule has 0 radical (unpaired) electrons. The lowest BCUT2D eigenvalue weighted by Crippen LogP contribution is -2.29. The second-order valence-electron chi connectivity index (χ2n) is 5.59. The number of carbonyl (C=O) groups is 2. The van der Waals surface area contributed by atoms with Crippen molar-refractivity contribution < 1.29 is 14.3 Å². The molecule has 0 bridgehead atoms. The number of rotatable bonds is 7. The molecule has 1 amide bonds. The Morgan fingerprint density at radius 2 is 2.10 bits per heavy atom. The molecule has 3 rings (SSSR count). The summed E-state index contributed by atoms with van der Waals surface area (Å²) < 4.78 is 5.14. The van der Waals surface area contributed by atoms with Gasteiger partial charge < -0.3 is 15.4 Å². The number of thiophene rings is 1. The van der Waals surface area contributed by atoms with Gasteiger partial charge in [0.25, 0.3) is 0 Å². The van der Waals surface area contributed by atoms with Crippen LogP contribution in [0, 0.1) is 0 Å². The molecule has 0 aliphatic heterocycles. The molecular weight excluding hydrogens is 288 g/mol. The van der Waals surface area contributed by atoms with E-state index in [9.17, 15) is 9.59 Å². The molecule has 0 saturated heterocycles. The van der Waals surface area contributed by atoms with Crippen molar-refractivity contribution in [3.05, 3.63) is 16.5 Å². The topological polar surface area (TPSA) is 67.4 Å². The number of anilines is 1. The van der Waals surface area contributed by atoms with Gasteiger partial charge in [-0.15, -0.1) is 11.3 Å². The molecule has 2 fully saturated rings. The van der Waals surface area contributed by atoms with Gasteiger partial charge in [0.2, 0.25) is 5.91 Å². The highest BCUT2D eigenvalue weighted by molar-refractivity contribution is 7.15. The summed E-state index contributed by atoms with van der Waals surface area (Å²) in [7, 11) is 0. The van der Waals surface area contributed by atoms with Crippen molar-refractivity contribution in [2.75, 3.05) is 18.5 Å². The van der Waals surface area contributed by atoms with Gasteiger partial charge in [-0.2, -0.15) is 0 Å². The zero-order valence-corrected chi connectivity index (χ0v) is 12.9. The standard InChI is InChI=1S/C15H20N2O3S/c1-2-20-15(19)13-11(9-3-4-9)8-21-14(13)17-12(18)7-16-10-5-6-10/h8-10,16H,2-7H2,1H3,(H,17,18). The van der Waals surface area contributed by atoms with Gasteiger partial charge in [0.1, 0.15) is 5.00 Å². The number of nitrogens with one attached hydrogen (secondary N) is 2. The lowest BCUT2D eigenvalue weighted by atomic mass is 10.1. The molecule has 0 aromatic carbocycles. The summed E-state index contributed by atoms with van der Waals surface area (Å²) in [5, 5.41) is 8.62. The molecule has 2 saturated carbocycles. The molecule has 6 heteroatoms. The number of hydrogen-bond donors (Lipinski definition) is 2. The smallest absolute Gasteiger partial charge is 0.341 e. The van der Waals surface area contributed by atoms with Crippen LogP contribution in [0.25, 0.3) is 0 Å². The average molecular weight is 308 g/mol. The fourth-order valence-electron chi connectivity index (χ4n) is 2.27. The summed E-state index contributed by atoms with van der Waals surface area (Å²) in [4.78, 5) is 24.1. The van der Waals surface area contributed by atoms with E-state index < -0.39 is 0 Å². The Morgan fingerprint density at radius 1 is 1.33 bits per heavy atom. The second-order valence-corrected chi connectivity index (χ2v) is 6.47. The highest BCUT2D eigenvalue weighted by Gasteiger charge is 2.32. The molecule has 5 nitrogen and oxygen atoms in total. The van der Waals surface area contributed by atoms with Crippen LogP contribution in [-0.4, -0.2) is 31.1 Å². The molecule has 2 N–H and O–H groups in total. The van der Waals surface area contributed by atoms with E-state index in [1.807, 2.05) is 5.38 Å². The minimum atomic E-state index is -0.328. The molecule has 0 spiro atoms. The van der Waals surface area contributed by atoms with Crippen LogP contribution in [0.15, 0.2) is 5.38 Å². The Hall–Kier alpha value is -1.40. The van der Waals surface area contributed by atoms with Crippen LogP contribution in [0.2, 0.25) is 0 Å². The van der Waals surface area contributed by atoms with Crippen LogP contribution in [0.3, 0.4) is 0 Å². The first kappa shape index (κ1) is 14.5. The van der Waals surface area contributed by atoms with E-state index in [2.05, 4.69) is 10.6 Å². The molecule has 114 valence electrons. The maximum atomic E-state index is 12.2. The van der Waals surface area contributed by atoms with Crippen LogP contribution in [0.1, 0.15) is 54.4 Å². The molecule has 2 aliphatic rings. The predicted molar refractivity (Wildman–Crippen MR) is 81.9 cm³/mol. The fraction of sp³-hybridized carbons (Fsp3) is 0.600. The van der Waals surface area contributed by atoms with Crippen LogP contribution < -0.4 is 10.6 Å². The summed E-state index contributed by atoms with van der Waals surface area (Å²) >= 11 is 1.42. The van der Waals surface area contributed by atoms with Gasteiger partial charge in [-0.1, -0.05) is 0 Å². The van der Waals surface area contributed by atoms with Gasteiger partial charge in [0.05, 0.1) is 18.7 Å². The van der Waals surface area contributed by atoms with Crippen LogP contribution >= 0.6 is 11.3 Å². The molecule has 1 heterocycles. The quantitative estimate of drug-likeness (QED) is 0.760. The Balaban J connectivity index is 1.70. The van der Waals surface area contributed by atoms with Crippen molar-refractivity contribution in [3.63, 3.8) is 0 Å². The van der Waals surface area contributed by atoms with Crippen molar-refractivity contribution in [3.8, 4) is 0 Å². The maximum Gasteiger partial charge on any atom is 0.341 e. The summed E-state index contributed by atoms with van der Waals surface area (Å²) in [5.74, 6) is 0.0265. The van der Waals surface area contributed by atoms with Crippen molar-refractivity contribution in [2.45, 2.75) is 44.6 Å². The Kier molecular flexibility index (Phi) is 4.26. The summed E-state index contributed by atoms with van der Waals surface area (Å²) in [6, 6.07) is 0.491. The fourth-order valence-corrected chi connectivity index (χ4v) is 3.31. The highest BCUT2D eigenvalue weighted by Crippen LogP contribution is 2.46. The number of hydrogen-bond acceptors (Lipinski definition) is 5. The van der Waals surface area contributed by atoms with Gasteiger partial charge in [0.15, 0.2) is 0 Å². The molecular formula is C15H20N2O3S. The summed E-state index contributed by atoms with van der Waals surface area (Å²) in [5.41, 5.74) is 1.59. The predicted octanol–water partition coefficient (Wildman–Crippen LogP) is 2.49. The summed E-state index contributed by atoms with van der Waals surface area (Å²) in [6.07, 6.45) is 4.51. The van der Waals surface area contributed by atoms with Gasteiger partial charge in [-0.05, 0) is 49.5 Å². The van der Waals surface area contributed by atoms with E-state index in [1.54, 1.807) is 6.92 Å². The number of carbonyl (C=O) groups excluding carboxylic acids is 2. The van der Waals surface area contributed by atoms with Crippen molar-refractivity contribution in [1.82, 2.24) is 5.32 Å². The Labute approximate surface area is 128 Å². The van der Waals surface area contributed by atoms with Crippen LogP contribution in [-0.2, 0) is 9.53 Å². The first-order chi connectivity index (χ1) is 10.2. The van der Waals surface area contributed by atoms with Gasteiger partial charge >= 0.3 is 5.97 Å². The second kappa shape index (κ2) is 6.15. The van der Waals surface area contributed by atoms with Gasteiger partial charge in [0, 0.05) is 6.04 Å². The SMILES string of the molecule is CCOC(=O)c1c(C2CC2)csc1NC(=O)CNC1CC1. The lowest BCUT2D eigenvalue weighted by molar-refractivity contribution is -0.115. The zero-order chi connectivity index (χ0) is 14.8. The number of esters is 1. The van der Waals surface area contributed by atoms with Crippen molar-refractivity contribution in [2.24, 2.45) is 0 Å². The Bertz CT molecular complexity index is 547. The number of amides is 1. The van der Waals surface area contributed by atoms with E-state index in [0.29, 0.717) is 35.7 Å². The highest BCUT2D eigenvalue weighted by atomic mass is 32.1. The minimum Gasteiger partial charge on any atom is -0.462 e. The van der Waals surface area contributed by atoms with Crippen LogP contribution in [0.5, 0.6) is 0 Å². The number of ether oxygens (including phenoxy) is 1. The molecule has 2 aliphatic carbocycles. The molecule has 21 heavy (non-hydrogen) atoms. The van der Waals surface area contributed by atoms with Gasteiger partial charge in [-0.3, -0.25) is 4.79 Å². The molecule has 1 aromatic heterocycles. The zero-order valence-electron chi connectivity index (χ0n) is 12.1. The lowest BCUT2D eigenvalue weighted by Gasteiger charge is -2.08. The van der Waals surface area contributed by atoms with E-state index in [4.69, 9.17) is 4.74 Å². The molecule has 0 atom stereocenters. The average Bonchev–Trinajstić information content (AvgIpc) is 3.36. The van der Waals surface area contributed by atoms with E-state index in [1.165, 1.54) is 11.3 Å². The third-order valence-electron chi connectivity index (χ3n) is 3.70. The monoisotopic (exact) mass is 308 g/mol. The van der Waals surface area contributed by atoms with Crippen LogP contribution in [0.4, 0.5) is 5.00 Å². The maximum absolute atomic E-state index is 12.2. The largest absolute Gasteiger partial charge is 0.462 e. The van der Waals surface area contributed by atoms with Gasteiger partial charge in [-0.25, -0.2) is 4.79 Å². The summed E-state index contributed by atoms with van der Waals surface area (Å²) in [6.45, 7) is 2.43. The van der Waals surface area contributed by atoms with Crippen molar-refractivity contribution >= 4 is 28.2 Å². The third kappa shape index (κ3) is 3.63. The first-order valence-corrected chi connectivity index (χ1v) is 8.38. The first-order valence-electron chi connectivity index (χ1n) is 7.50. The van der Waals surface area contributed by atoms with Crippen molar-refractivity contribution in [1.29, 1.82) is 0 Å². The van der Waals surface area contributed by atoms with E-state index >= 15 is 0 Å². The molecule has 1 aromatic rings.